The smallest absolute Gasteiger partial charge is 0.323 e. The van der Waals surface area contributed by atoms with Gasteiger partial charge >= 0.3 is 9.28 Å². The van der Waals surface area contributed by atoms with Gasteiger partial charge in [-0.3, -0.25) is 0 Å². The molecule has 0 heterocycles. The summed E-state index contributed by atoms with van der Waals surface area (Å²) in [4.78, 5) is 0. The first-order valence-electron chi connectivity index (χ1n) is 3.52. The number of nitrogens with two attached hydrogens (primary N) is 1. The highest BCUT2D eigenvalue weighted by Crippen LogP contribution is 2.13. The van der Waals surface area contributed by atoms with E-state index in [1.807, 2.05) is 0 Å². The predicted octanol–water partition coefficient (Wildman–Crippen LogP) is 0.239. The molecule has 0 aromatic heterocycles. The maximum Gasteiger partial charge on any atom is 0.323 e. The van der Waals surface area contributed by atoms with Crippen LogP contribution in [0.25, 0.3) is 0 Å². The topological polar surface area (TPSA) is 44.5 Å². The zero-order chi connectivity index (χ0) is 7.98. The van der Waals surface area contributed by atoms with Crippen molar-refractivity contribution in [3.8, 4) is 0 Å². The molecule has 0 spiro atoms. The Morgan fingerprint density at radius 1 is 1.40 bits per heavy atom. The molecule has 0 rings (SSSR count). The fourth-order valence-corrected chi connectivity index (χ4v) is 2.55. The molecule has 0 fully saturated rings. The van der Waals surface area contributed by atoms with E-state index < -0.39 is 9.28 Å². The van der Waals surface area contributed by atoms with Crippen molar-refractivity contribution in [3.05, 3.63) is 0 Å². The highest BCUT2D eigenvalue weighted by molar-refractivity contribution is 6.46. The Hall–Kier alpha value is 0.0969. The van der Waals surface area contributed by atoms with Crippen LogP contribution in [0.2, 0.25) is 5.54 Å². The summed E-state index contributed by atoms with van der Waals surface area (Å²) in [5.41, 5.74) is 5.90. The number of rotatable bonds is 5. The van der Waals surface area contributed by atoms with Gasteiger partial charge in [0.15, 0.2) is 0 Å². The summed E-state index contributed by atoms with van der Waals surface area (Å²) in [6.07, 6.45) is 0.999. The van der Waals surface area contributed by atoms with Crippen molar-refractivity contribution in [2.75, 3.05) is 20.8 Å². The monoisotopic (exact) mass is 163 g/mol. The summed E-state index contributed by atoms with van der Waals surface area (Å²) in [6.45, 7) is 2.84. The lowest BCUT2D eigenvalue weighted by atomic mass is 10.3. The van der Waals surface area contributed by atoms with Gasteiger partial charge in [-0.2, -0.15) is 0 Å². The second kappa shape index (κ2) is 5.85. The lowest BCUT2D eigenvalue weighted by molar-refractivity contribution is 0.265. The van der Waals surface area contributed by atoms with E-state index in [0.29, 0.717) is 5.54 Å². The summed E-state index contributed by atoms with van der Waals surface area (Å²) < 4.78 is 10.3. The maximum absolute atomic E-state index is 5.39. The summed E-state index contributed by atoms with van der Waals surface area (Å²) in [5.74, 6) is 0. The van der Waals surface area contributed by atoms with Crippen LogP contribution in [0.1, 0.15) is 13.3 Å². The molecular weight excluding hydrogens is 146 g/mol. The SMILES string of the molecule is CO[SiH](OC)C(C)CCN. The Morgan fingerprint density at radius 3 is 2.20 bits per heavy atom. The first kappa shape index (κ1) is 10.1. The van der Waals surface area contributed by atoms with Crippen molar-refractivity contribution in [2.24, 2.45) is 5.73 Å². The van der Waals surface area contributed by atoms with E-state index >= 15 is 0 Å². The van der Waals surface area contributed by atoms with Crippen LogP contribution in [0.15, 0.2) is 0 Å². The second-order valence-electron chi connectivity index (χ2n) is 2.39. The van der Waals surface area contributed by atoms with Gasteiger partial charge in [-0.1, -0.05) is 6.92 Å². The van der Waals surface area contributed by atoms with Crippen LogP contribution < -0.4 is 5.73 Å². The largest absolute Gasteiger partial charge is 0.400 e. The Bertz CT molecular complexity index is 78.1. The zero-order valence-electron chi connectivity index (χ0n) is 6.96. The normalized spacial score (nSPS) is 14.1. The molecule has 62 valence electrons. The van der Waals surface area contributed by atoms with Crippen LogP contribution in [0, 0.1) is 0 Å². The van der Waals surface area contributed by atoms with Crippen molar-refractivity contribution >= 4 is 9.28 Å². The minimum atomic E-state index is -1.38. The molecule has 1 atom stereocenters. The lowest BCUT2D eigenvalue weighted by Gasteiger charge is -2.17. The molecule has 0 aliphatic heterocycles. The molecule has 0 aromatic carbocycles. The molecule has 0 radical (unpaired) electrons. The third-order valence-electron chi connectivity index (χ3n) is 1.55. The Labute approximate surface area is 64.4 Å². The van der Waals surface area contributed by atoms with Crippen molar-refractivity contribution in [3.63, 3.8) is 0 Å². The molecule has 0 aromatic rings. The van der Waals surface area contributed by atoms with Crippen LogP contribution in [-0.4, -0.2) is 30.0 Å². The Balaban J connectivity index is 3.53. The first-order chi connectivity index (χ1) is 4.76. The number of hydrogen-bond acceptors (Lipinski definition) is 3. The van der Waals surface area contributed by atoms with Gasteiger partial charge < -0.3 is 14.6 Å². The second-order valence-corrected chi connectivity index (χ2v) is 5.21. The molecule has 0 aliphatic carbocycles. The van der Waals surface area contributed by atoms with Crippen molar-refractivity contribution in [2.45, 2.75) is 18.9 Å². The quantitative estimate of drug-likeness (QED) is 0.590. The van der Waals surface area contributed by atoms with E-state index in [4.69, 9.17) is 14.6 Å². The molecule has 4 heteroatoms. The molecular formula is C6H17NO2Si. The van der Waals surface area contributed by atoms with Gasteiger partial charge in [0.1, 0.15) is 0 Å². The lowest BCUT2D eigenvalue weighted by Crippen LogP contribution is -2.26. The van der Waals surface area contributed by atoms with E-state index in [1.54, 1.807) is 14.2 Å². The number of hydrogen-bond donors (Lipinski definition) is 1. The molecule has 0 amide bonds. The summed E-state index contributed by atoms with van der Waals surface area (Å²) in [6, 6.07) is 0. The van der Waals surface area contributed by atoms with Crippen molar-refractivity contribution in [1.29, 1.82) is 0 Å². The molecule has 0 bridgehead atoms. The van der Waals surface area contributed by atoms with Gasteiger partial charge in [0.05, 0.1) is 0 Å². The fourth-order valence-electron chi connectivity index (χ4n) is 0.960. The average molecular weight is 163 g/mol. The Kier molecular flexibility index (Phi) is 5.91. The first-order valence-corrected chi connectivity index (χ1v) is 5.12. The van der Waals surface area contributed by atoms with Gasteiger partial charge in [0.25, 0.3) is 0 Å². The highest BCUT2D eigenvalue weighted by Gasteiger charge is 2.17. The minimum Gasteiger partial charge on any atom is -0.400 e. The van der Waals surface area contributed by atoms with Crippen molar-refractivity contribution in [1.82, 2.24) is 0 Å². The summed E-state index contributed by atoms with van der Waals surface area (Å²) in [5, 5.41) is 0. The molecule has 10 heavy (non-hydrogen) atoms. The van der Waals surface area contributed by atoms with E-state index in [9.17, 15) is 0 Å². The summed E-state index contributed by atoms with van der Waals surface area (Å²) >= 11 is 0. The van der Waals surface area contributed by atoms with Gasteiger partial charge in [-0.25, -0.2) is 0 Å². The van der Waals surface area contributed by atoms with Gasteiger partial charge in [0.2, 0.25) is 0 Å². The zero-order valence-corrected chi connectivity index (χ0v) is 8.12. The van der Waals surface area contributed by atoms with Crippen LogP contribution in [0.5, 0.6) is 0 Å². The van der Waals surface area contributed by atoms with Crippen LogP contribution >= 0.6 is 0 Å². The average Bonchev–Trinajstić information content (AvgIpc) is 1.91. The maximum atomic E-state index is 5.39. The van der Waals surface area contributed by atoms with E-state index in [2.05, 4.69) is 6.92 Å². The molecule has 1 unspecified atom stereocenters. The van der Waals surface area contributed by atoms with Crippen LogP contribution in [-0.2, 0) is 8.85 Å². The predicted molar refractivity (Wildman–Crippen MR) is 44.3 cm³/mol. The van der Waals surface area contributed by atoms with E-state index in [0.717, 1.165) is 13.0 Å². The van der Waals surface area contributed by atoms with Crippen LogP contribution in [0.4, 0.5) is 0 Å². The van der Waals surface area contributed by atoms with Gasteiger partial charge in [-0.15, -0.1) is 0 Å². The molecule has 0 aliphatic rings. The highest BCUT2D eigenvalue weighted by atomic mass is 28.3. The van der Waals surface area contributed by atoms with E-state index in [1.165, 1.54) is 0 Å². The van der Waals surface area contributed by atoms with Gasteiger partial charge in [0, 0.05) is 14.2 Å². The van der Waals surface area contributed by atoms with Gasteiger partial charge in [-0.05, 0) is 18.5 Å². The molecule has 0 saturated heterocycles. The fraction of sp³-hybridized carbons (Fsp3) is 1.00. The molecule has 3 nitrogen and oxygen atoms in total. The Morgan fingerprint density at radius 2 is 1.90 bits per heavy atom. The standard InChI is InChI=1S/C6H17NO2Si/c1-6(4-5-7)10(8-2)9-3/h6,10H,4-5,7H2,1-3H3. The van der Waals surface area contributed by atoms with E-state index in [-0.39, 0.29) is 0 Å². The molecule has 0 saturated carbocycles. The minimum absolute atomic E-state index is 0.514. The third-order valence-corrected chi connectivity index (χ3v) is 3.74. The third kappa shape index (κ3) is 3.31. The van der Waals surface area contributed by atoms with Crippen LogP contribution in [0.3, 0.4) is 0 Å². The summed E-state index contributed by atoms with van der Waals surface area (Å²) in [7, 11) is 2.02. The van der Waals surface area contributed by atoms with Crippen molar-refractivity contribution < 1.29 is 8.85 Å². The molecule has 2 N–H and O–H groups in total.